The highest BCUT2D eigenvalue weighted by Crippen LogP contribution is 2.38. The molecular formula is C17H16F4N6O. The summed E-state index contributed by atoms with van der Waals surface area (Å²) in [7, 11) is 0. The molecule has 7 nitrogen and oxygen atoms in total. The lowest BCUT2D eigenvalue weighted by Gasteiger charge is -2.35. The number of hydrogen-bond donors (Lipinski definition) is 2. The van der Waals surface area contributed by atoms with Gasteiger partial charge in [-0.1, -0.05) is 0 Å². The van der Waals surface area contributed by atoms with E-state index in [1.165, 1.54) is 0 Å². The van der Waals surface area contributed by atoms with Crippen LogP contribution in [0.5, 0.6) is 11.8 Å². The number of aromatic amines is 1. The van der Waals surface area contributed by atoms with Crippen LogP contribution in [0.1, 0.15) is 18.4 Å². The normalized spacial score (nSPS) is 24.1. The molecule has 1 saturated carbocycles. The van der Waals surface area contributed by atoms with E-state index in [0.29, 0.717) is 31.3 Å². The molecule has 2 fully saturated rings. The van der Waals surface area contributed by atoms with Crippen molar-refractivity contribution in [1.29, 1.82) is 5.26 Å². The summed E-state index contributed by atoms with van der Waals surface area (Å²) in [5, 5.41) is 18.7. The first-order valence-electron chi connectivity index (χ1n) is 8.71. The molecule has 0 amide bonds. The Labute approximate surface area is 157 Å². The zero-order valence-electron chi connectivity index (χ0n) is 14.5. The van der Waals surface area contributed by atoms with Crippen LogP contribution in [-0.2, 0) is 6.18 Å². The number of fused-ring (bicyclic) bond motifs is 2. The summed E-state index contributed by atoms with van der Waals surface area (Å²) in [6, 6.07) is 1.77. The van der Waals surface area contributed by atoms with Gasteiger partial charge in [-0.3, -0.25) is 0 Å². The van der Waals surface area contributed by atoms with Crippen molar-refractivity contribution in [3.63, 3.8) is 0 Å². The number of H-pyrrole nitrogens is 1. The van der Waals surface area contributed by atoms with Crippen LogP contribution in [0.15, 0.2) is 18.2 Å². The highest BCUT2D eigenvalue weighted by atomic mass is 19.4. The first kappa shape index (κ1) is 18.3. The highest BCUT2D eigenvalue weighted by molar-refractivity contribution is 5.35. The Bertz CT molecular complexity index is 894. The predicted molar refractivity (Wildman–Crippen MR) is 88.7 cm³/mol. The molecule has 11 heteroatoms. The molecule has 1 saturated heterocycles. The Kier molecular flexibility index (Phi) is 4.49. The van der Waals surface area contributed by atoms with Crippen molar-refractivity contribution in [1.82, 2.24) is 20.1 Å². The molecule has 1 aromatic heterocycles. The van der Waals surface area contributed by atoms with Gasteiger partial charge in [-0.15, -0.1) is 5.10 Å². The maximum atomic E-state index is 13.8. The molecule has 2 bridgehead atoms. The minimum Gasteiger partial charge on any atom is -0.421 e. The summed E-state index contributed by atoms with van der Waals surface area (Å²) < 4.78 is 57.3. The third-order valence-corrected chi connectivity index (χ3v) is 5.20. The van der Waals surface area contributed by atoms with Gasteiger partial charge in [0.15, 0.2) is 17.8 Å². The predicted octanol–water partition coefficient (Wildman–Crippen LogP) is 3.36. The van der Waals surface area contributed by atoms with Crippen molar-refractivity contribution < 1.29 is 22.3 Å². The second kappa shape index (κ2) is 6.85. The topological polar surface area (TPSA) is 89.9 Å². The number of nitriles is 1. The summed E-state index contributed by atoms with van der Waals surface area (Å²) in [5.41, 5.74) is -1.03. The zero-order valence-corrected chi connectivity index (χ0v) is 14.5. The first-order chi connectivity index (χ1) is 13.3. The molecule has 148 valence electrons. The van der Waals surface area contributed by atoms with E-state index in [1.54, 1.807) is 4.90 Å². The number of rotatable bonds is 4. The summed E-state index contributed by atoms with van der Waals surface area (Å²) >= 11 is 0. The Morgan fingerprint density at radius 3 is 2.61 bits per heavy atom. The monoisotopic (exact) mass is 396 g/mol. The van der Waals surface area contributed by atoms with Gasteiger partial charge < -0.3 is 15.0 Å². The SMILES string of the molecule is N#CN1C[C@H]2CC[C@@H](C1)[C@@H]2Nc1n[nH]c(Oc2cc(C(F)(F)F)ccc2F)n1. The van der Waals surface area contributed by atoms with Gasteiger partial charge in [0.2, 0.25) is 5.95 Å². The van der Waals surface area contributed by atoms with E-state index in [4.69, 9.17) is 10.00 Å². The molecule has 4 rings (SSSR count). The summed E-state index contributed by atoms with van der Waals surface area (Å²) in [4.78, 5) is 5.78. The third-order valence-electron chi connectivity index (χ3n) is 5.20. The zero-order chi connectivity index (χ0) is 19.9. The van der Waals surface area contributed by atoms with Crippen LogP contribution < -0.4 is 10.1 Å². The van der Waals surface area contributed by atoms with Gasteiger partial charge in [0, 0.05) is 19.1 Å². The minimum atomic E-state index is -4.61. The van der Waals surface area contributed by atoms with Crippen molar-refractivity contribution in [2.24, 2.45) is 11.8 Å². The second-order valence-electron chi connectivity index (χ2n) is 6.98. The van der Waals surface area contributed by atoms with Crippen LogP contribution in [0.3, 0.4) is 0 Å². The number of likely N-dealkylation sites (tertiary alicyclic amines) is 1. The van der Waals surface area contributed by atoms with E-state index in [9.17, 15) is 17.6 Å². The molecule has 0 spiro atoms. The number of aromatic nitrogens is 3. The number of nitrogens with zero attached hydrogens (tertiary/aromatic N) is 4. The molecule has 0 unspecified atom stereocenters. The van der Waals surface area contributed by atoms with Crippen LogP contribution in [0, 0.1) is 29.1 Å². The summed E-state index contributed by atoms with van der Waals surface area (Å²) in [5.74, 6) is -0.764. The number of halogens is 4. The van der Waals surface area contributed by atoms with E-state index < -0.39 is 23.3 Å². The summed E-state index contributed by atoms with van der Waals surface area (Å²) in [6.07, 6.45) is -0.460. The lowest BCUT2D eigenvalue weighted by molar-refractivity contribution is -0.137. The molecule has 3 atom stereocenters. The fourth-order valence-electron chi connectivity index (χ4n) is 3.91. The standard InChI is InChI=1S/C17H16F4N6O/c18-12-4-3-11(17(19,20)21)5-13(12)28-16-24-15(25-26-16)23-14-9-1-2-10(14)7-27(6-9)8-22/h3-5,9-10,14H,1-2,6-7H2,(H2,23,24,25,26)/t9-,10+,14-. The van der Waals surface area contributed by atoms with Crippen molar-refractivity contribution in [2.45, 2.75) is 25.1 Å². The second-order valence-corrected chi connectivity index (χ2v) is 6.98. The smallest absolute Gasteiger partial charge is 0.416 e. The average Bonchev–Trinajstić information content (AvgIpc) is 3.17. The van der Waals surface area contributed by atoms with Gasteiger partial charge in [0.05, 0.1) is 5.56 Å². The number of hydrogen-bond acceptors (Lipinski definition) is 6. The molecule has 28 heavy (non-hydrogen) atoms. The third kappa shape index (κ3) is 3.54. The van der Waals surface area contributed by atoms with Crippen LogP contribution in [0.25, 0.3) is 0 Å². The average molecular weight is 396 g/mol. The van der Waals surface area contributed by atoms with E-state index in [-0.39, 0.29) is 29.8 Å². The number of benzene rings is 1. The Morgan fingerprint density at radius 1 is 1.25 bits per heavy atom. The Balaban J connectivity index is 1.45. The van der Waals surface area contributed by atoms with Gasteiger partial charge in [-0.05, 0) is 42.9 Å². The van der Waals surface area contributed by atoms with Crippen molar-refractivity contribution in [3.05, 3.63) is 29.6 Å². The van der Waals surface area contributed by atoms with Crippen molar-refractivity contribution in [2.75, 3.05) is 18.4 Å². The maximum absolute atomic E-state index is 13.8. The molecule has 2 aliphatic rings. The molecular weight excluding hydrogens is 380 g/mol. The number of ether oxygens (including phenoxy) is 1. The van der Waals surface area contributed by atoms with Crippen LogP contribution in [0.2, 0.25) is 0 Å². The van der Waals surface area contributed by atoms with E-state index in [1.807, 2.05) is 0 Å². The van der Waals surface area contributed by atoms with Crippen molar-refractivity contribution in [3.8, 4) is 18.0 Å². The number of piperidine rings is 1. The van der Waals surface area contributed by atoms with Gasteiger partial charge in [-0.2, -0.15) is 23.4 Å². The molecule has 2 aromatic rings. The van der Waals surface area contributed by atoms with Crippen LogP contribution >= 0.6 is 0 Å². The minimum absolute atomic E-state index is 0.0959. The van der Waals surface area contributed by atoms with Crippen molar-refractivity contribution >= 4 is 5.95 Å². The molecule has 1 aromatic carbocycles. The quantitative estimate of drug-likeness (QED) is 0.609. The first-order valence-corrected chi connectivity index (χ1v) is 8.71. The fourth-order valence-corrected chi connectivity index (χ4v) is 3.91. The Hall–Kier alpha value is -3.03. The van der Waals surface area contributed by atoms with Crippen LogP contribution in [0.4, 0.5) is 23.5 Å². The van der Waals surface area contributed by atoms with Gasteiger partial charge in [0.1, 0.15) is 0 Å². The molecule has 1 aliphatic carbocycles. The van der Waals surface area contributed by atoms with Gasteiger partial charge in [0.25, 0.3) is 0 Å². The lowest BCUT2D eigenvalue weighted by Crippen LogP contribution is -2.46. The number of nitrogens with one attached hydrogen (secondary N) is 2. The van der Waals surface area contributed by atoms with E-state index in [0.717, 1.165) is 12.8 Å². The molecule has 1 aliphatic heterocycles. The Morgan fingerprint density at radius 2 is 1.96 bits per heavy atom. The van der Waals surface area contributed by atoms with Gasteiger partial charge >= 0.3 is 12.2 Å². The fraction of sp³-hybridized carbons (Fsp3) is 0.471. The summed E-state index contributed by atoms with van der Waals surface area (Å²) in [6.45, 7) is 1.32. The highest BCUT2D eigenvalue weighted by Gasteiger charge is 2.42. The van der Waals surface area contributed by atoms with E-state index in [2.05, 4.69) is 26.7 Å². The van der Waals surface area contributed by atoms with Crippen LogP contribution in [-0.4, -0.2) is 39.2 Å². The van der Waals surface area contributed by atoms with Gasteiger partial charge in [-0.25, -0.2) is 9.49 Å². The maximum Gasteiger partial charge on any atom is 0.416 e. The molecule has 2 N–H and O–H groups in total. The molecule has 0 radical (unpaired) electrons. The largest absolute Gasteiger partial charge is 0.421 e. The number of alkyl halides is 3. The lowest BCUT2D eigenvalue weighted by atomic mass is 9.92. The molecule has 2 heterocycles. The number of anilines is 1. The van der Waals surface area contributed by atoms with E-state index >= 15 is 0 Å².